The summed E-state index contributed by atoms with van der Waals surface area (Å²) in [5.74, 6) is -1.19. The summed E-state index contributed by atoms with van der Waals surface area (Å²) in [5, 5.41) is 1.72. The maximum atomic E-state index is 12.9. The molecule has 1 saturated heterocycles. The highest BCUT2D eigenvalue weighted by molar-refractivity contribution is 6.01. The molecule has 0 radical (unpaired) electrons. The van der Waals surface area contributed by atoms with Crippen LogP contribution < -0.4 is 0 Å². The van der Waals surface area contributed by atoms with Crippen LogP contribution in [0.4, 0.5) is 0 Å². The zero-order valence-corrected chi connectivity index (χ0v) is 15.3. The summed E-state index contributed by atoms with van der Waals surface area (Å²) in [4.78, 5) is 31.9. The van der Waals surface area contributed by atoms with E-state index in [1.165, 1.54) is 14.2 Å². The van der Waals surface area contributed by atoms with E-state index in [0.29, 0.717) is 6.54 Å². The van der Waals surface area contributed by atoms with Gasteiger partial charge in [0.05, 0.1) is 20.3 Å². The lowest BCUT2D eigenvalue weighted by Gasteiger charge is -2.53. The third-order valence-corrected chi connectivity index (χ3v) is 5.44. The van der Waals surface area contributed by atoms with Crippen molar-refractivity contribution >= 4 is 11.9 Å². The van der Waals surface area contributed by atoms with E-state index >= 15 is 0 Å². The molecule has 0 spiro atoms. The summed E-state index contributed by atoms with van der Waals surface area (Å²) >= 11 is 0. The third kappa shape index (κ3) is 2.64. The first-order valence-corrected chi connectivity index (χ1v) is 8.85. The van der Waals surface area contributed by atoms with Crippen LogP contribution in [-0.2, 0) is 30.4 Å². The number of esters is 2. The highest BCUT2D eigenvalue weighted by atomic mass is 16.7. The Morgan fingerprint density at radius 3 is 2.22 bits per heavy atom. The number of carbonyl (C=O) groups is 2. The van der Waals surface area contributed by atoms with Crippen LogP contribution in [0.15, 0.2) is 54.6 Å². The molecule has 2 atom stereocenters. The molecule has 0 amide bonds. The van der Waals surface area contributed by atoms with E-state index in [4.69, 9.17) is 14.3 Å². The van der Waals surface area contributed by atoms with E-state index in [-0.39, 0.29) is 6.42 Å². The minimum absolute atomic E-state index is 0.194. The molecule has 2 aromatic rings. The third-order valence-electron chi connectivity index (χ3n) is 5.44. The van der Waals surface area contributed by atoms with Crippen LogP contribution >= 0.6 is 0 Å². The number of benzene rings is 2. The van der Waals surface area contributed by atoms with Crippen molar-refractivity contribution < 1.29 is 23.9 Å². The van der Waals surface area contributed by atoms with Crippen LogP contribution in [0.25, 0.3) is 0 Å². The van der Waals surface area contributed by atoms with Gasteiger partial charge < -0.3 is 9.47 Å². The van der Waals surface area contributed by atoms with Gasteiger partial charge in [0.1, 0.15) is 6.10 Å². The van der Waals surface area contributed by atoms with E-state index in [0.717, 1.165) is 16.7 Å². The quantitative estimate of drug-likeness (QED) is 0.612. The van der Waals surface area contributed by atoms with E-state index in [1.54, 1.807) is 5.06 Å². The topological polar surface area (TPSA) is 65.1 Å². The summed E-state index contributed by atoms with van der Waals surface area (Å²) in [6.07, 6.45) is -0.229. The molecule has 0 unspecified atom stereocenters. The number of hydroxylamine groups is 2. The average Bonchev–Trinajstić information content (AvgIpc) is 2.73. The van der Waals surface area contributed by atoms with Gasteiger partial charge in [-0.1, -0.05) is 54.6 Å². The second-order valence-electron chi connectivity index (χ2n) is 6.84. The van der Waals surface area contributed by atoms with Crippen LogP contribution in [0.2, 0.25) is 0 Å². The lowest BCUT2D eigenvalue weighted by atomic mass is 9.65. The molecule has 3 aliphatic rings. The molecule has 0 aromatic heterocycles. The normalized spacial score (nSPS) is 22.7. The summed E-state index contributed by atoms with van der Waals surface area (Å²) in [7, 11) is 2.59. The minimum Gasteiger partial charge on any atom is -0.468 e. The van der Waals surface area contributed by atoms with Crippen molar-refractivity contribution in [3.05, 3.63) is 71.3 Å². The van der Waals surface area contributed by atoms with Gasteiger partial charge in [-0.3, -0.25) is 14.4 Å². The molecule has 0 saturated carbocycles. The summed E-state index contributed by atoms with van der Waals surface area (Å²) < 4.78 is 10.1. The highest BCUT2D eigenvalue weighted by Gasteiger charge is 2.65. The molecule has 27 heavy (non-hydrogen) atoms. The molecule has 6 heteroatoms. The smallest absolute Gasteiger partial charge is 0.325 e. The Morgan fingerprint density at radius 1 is 1.00 bits per heavy atom. The van der Waals surface area contributed by atoms with Gasteiger partial charge in [-0.25, -0.2) is 0 Å². The van der Waals surface area contributed by atoms with Crippen molar-refractivity contribution in [1.82, 2.24) is 5.06 Å². The van der Waals surface area contributed by atoms with E-state index in [2.05, 4.69) is 0 Å². The molecule has 2 heterocycles. The van der Waals surface area contributed by atoms with Crippen molar-refractivity contribution in [2.45, 2.75) is 25.1 Å². The van der Waals surface area contributed by atoms with Gasteiger partial charge in [0, 0.05) is 13.0 Å². The number of methoxy groups -OCH3 is 2. The minimum atomic E-state index is -1.46. The van der Waals surface area contributed by atoms with Crippen LogP contribution in [0, 0.1) is 5.41 Å². The Labute approximate surface area is 157 Å². The standard InChI is InChI=1S/C21H21NO5/c1-25-19(23)21(20(24)26-2)12-17-15-10-6-7-11-16(15)18(21)22(27-17)13-14-8-4-3-5-9-14/h3-11,17-18H,12-13H2,1-2H3/t17-,18-/m1/s1. The SMILES string of the molecule is COC(=O)C1(C(=O)OC)C[C@H]2ON(Cc3ccccc3)[C@@H]1c1ccccc12. The first kappa shape index (κ1) is 17.7. The molecular formula is C21H21NO5. The molecule has 1 aliphatic carbocycles. The Bertz CT molecular complexity index is 850. The van der Waals surface area contributed by atoms with Crippen molar-refractivity contribution in [2.24, 2.45) is 5.41 Å². The van der Waals surface area contributed by atoms with Gasteiger partial charge in [-0.2, -0.15) is 5.06 Å². The zero-order valence-electron chi connectivity index (χ0n) is 15.3. The molecule has 0 N–H and O–H groups in total. The van der Waals surface area contributed by atoms with Crippen molar-refractivity contribution in [3.63, 3.8) is 0 Å². The lowest BCUT2D eigenvalue weighted by Crippen LogP contribution is -2.59. The van der Waals surface area contributed by atoms with Gasteiger partial charge in [0.15, 0.2) is 5.41 Å². The largest absolute Gasteiger partial charge is 0.468 e. The first-order chi connectivity index (χ1) is 13.1. The van der Waals surface area contributed by atoms with Gasteiger partial charge in [0.25, 0.3) is 0 Å². The van der Waals surface area contributed by atoms with Crippen LogP contribution in [-0.4, -0.2) is 31.2 Å². The zero-order chi connectivity index (χ0) is 19.0. The molecule has 2 aliphatic heterocycles. The van der Waals surface area contributed by atoms with Crippen molar-refractivity contribution in [2.75, 3.05) is 14.2 Å². The fourth-order valence-electron chi connectivity index (χ4n) is 4.28. The van der Waals surface area contributed by atoms with E-state index < -0.39 is 29.5 Å². The summed E-state index contributed by atoms with van der Waals surface area (Å²) in [6, 6.07) is 16.9. The summed E-state index contributed by atoms with van der Waals surface area (Å²) in [6.45, 7) is 0.437. The maximum absolute atomic E-state index is 12.9. The number of fused-ring (bicyclic) bond motifs is 2. The molecule has 1 fully saturated rings. The Morgan fingerprint density at radius 2 is 1.59 bits per heavy atom. The predicted octanol–water partition coefficient (Wildman–Crippen LogP) is 2.95. The Balaban J connectivity index is 1.85. The van der Waals surface area contributed by atoms with Crippen molar-refractivity contribution in [1.29, 1.82) is 0 Å². The molecule has 140 valence electrons. The molecule has 5 rings (SSSR count). The van der Waals surface area contributed by atoms with Gasteiger partial charge in [0.2, 0.25) is 0 Å². The maximum Gasteiger partial charge on any atom is 0.325 e. The van der Waals surface area contributed by atoms with E-state index in [9.17, 15) is 9.59 Å². The fourth-order valence-corrected chi connectivity index (χ4v) is 4.28. The Kier molecular flexibility index (Phi) is 4.45. The lowest BCUT2D eigenvalue weighted by molar-refractivity contribution is -0.305. The van der Waals surface area contributed by atoms with E-state index in [1.807, 2.05) is 54.6 Å². The number of hydrogen-bond acceptors (Lipinski definition) is 6. The van der Waals surface area contributed by atoms with Gasteiger partial charge >= 0.3 is 11.9 Å². The Hall–Kier alpha value is -2.70. The van der Waals surface area contributed by atoms with Gasteiger partial charge in [-0.15, -0.1) is 0 Å². The van der Waals surface area contributed by atoms with Gasteiger partial charge in [-0.05, 0) is 16.7 Å². The second kappa shape index (κ2) is 6.79. The highest BCUT2D eigenvalue weighted by Crippen LogP contribution is 2.58. The number of carbonyl (C=O) groups excluding carboxylic acids is 2. The van der Waals surface area contributed by atoms with Crippen molar-refractivity contribution in [3.8, 4) is 0 Å². The fraction of sp³-hybridized carbons (Fsp3) is 0.333. The number of hydrogen-bond donors (Lipinski definition) is 0. The molecular weight excluding hydrogens is 346 g/mol. The number of nitrogens with zero attached hydrogens (tertiary/aromatic N) is 1. The monoisotopic (exact) mass is 367 g/mol. The number of ether oxygens (including phenoxy) is 2. The second-order valence-corrected chi connectivity index (χ2v) is 6.84. The first-order valence-electron chi connectivity index (χ1n) is 8.85. The summed E-state index contributed by atoms with van der Waals surface area (Å²) in [5.41, 5.74) is 1.45. The molecule has 2 aromatic carbocycles. The molecule has 6 nitrogen and oxygen atoms in total. The molecule has 2 bridgehead atoms. The predicted molar refractivity (Wildman–Crippen MR) is 96.1 cm³/mol. The van der Waals surface area contributed by atoms with Crippen LogP contribution in [0.5, 0.6) is 0 Å². The average molecular weight is 367 g/mol. The van der Waals surface area contributed by atoms with Crippen LogP contribution in [0.3, 0.4) is 0 Å². The van der Waals surface area contributed by atoms with Crippen LogP contribution in [0.1, 0.15) is 35.3 Å². The number of rotatable bonds is 4.